The maximum absolute atomic E-state index is 11.9. The molecule has 3 nitrogen and oxygen atoms in total. The molecule has 1 saturated carbocycles. The van der Waals surface area contributed by atoms with Gasteiger partial charge in [0, 0.05) is 4.90 Å². The standard InChI is InChI=1S/C17H26N2OS/c1-3-19-17(16(18)20)11-4-5-14(17)10-12-21-15-8-6-13(2)7-9-15/h6-9,14,19H,3-5,10-12H2,1-2H3,(H2,18,20). The minimum atomic E-state index is -0.470. The van der Waals surface area contributed by atoms with Gasteiger partial charge in [-0.25, -0.2) is 0 Å². The summed E-state index contributed by atoms with van der Waals surface area (Å²) < 4.78 is 0. The van der Waals surface area contributed by atoms with Gasteiger partial charge in [-0.2, -0.15) is 0 Å². The van der Waals surface area contributed by atoms with E-state index in [1.165, 1.54) is 10.5 Å². The van der Waals surface area contributed by atoms with Crippen LogP contribution in [0.3, 0.4) is 0 Å². The molecule has 21 heavy (non-hydrogen) atoms. The van der Waals surface area contributed by atoms with Crippen molar-refractivity contribution in [3.8, 4) is 0 Å². The second-order valence-corrected chi connectivity index (χ2v) is 7.07. The van der Waals surface area contributed by atoms with E-state index in [-0.39, 0.29) is 5.91 Å². The number of nitrogens with two attached hydrogens (primary N) is 1. The number of primary amides is 1. The fourth-order valence-corrected chi connectivity index (χ4v) is 4.35. The number of amides is 1. The average molecular weight is 306 g/mol. The molecule has 1 aromatic carbocycles. The highest BCUT2D eigenvalue weighted by molar-refractivity contribution is 7.99. The molecule has 1 aliphatic rings. The Morgan fingerprint density at radius 3 is 2.76 bits per heavy atom. The molecular weight excluding hydrogens is 280 g/mol. The van der Waals surface area contributed by atoms with E-state index >= 15 is 0 Å². The summed E-state index contributed by atoms with van der Waals surface area (Å²) in [7, 11) is 0. The summed E-state index contributed by atoms with van der Waals surface area (Å²) >= 11 is 1.87. The molecule has 1 amide bonds. The molecular formula is C17H26N2OS. The third-order valence-electron chi connectivity index (χ3n) is 4.51. The molecule has 0 bridgehead atoms. The van der Waals surface area contributed by atoms with Gasteiger partial charge in [-0.05, 0) is 56.5 Å². The monoisotopic (exact) mass is 306 g/mol. The van der Waals surface area contributed by atoms with Gasteiger partial charge in [0.15, 0.2) is 0 Å². The minimum absolute atomic E-state index is 0.174. The van der Waals surface area contributed by atoms with Crippen molar-refractivity contribution in [3.63, 3.8) is 0 Å². The normalized spacial score (nSPS) is 25.1. The van der Waals surface area contributed by atoms with Crippen molar-refractivity contribution in [2.45, 2.75) is 50.0 Å². The van der Waals surface area contributed by atoms with Crippen molar-refractivity contribution >= 4 is 17.7 Å². The van der Waals surface area contributed by atoms with E-state index in [2.05, 4.69) is 36.5 Å². The van der Waals surface area contributed by atoms with Crippen molar-refractivity contribution in [2.24, 2.45) is 11.7 Å². The topological polar surface area (TPSA) is 55.1 Å². The number of carbonyl (C=O) groups excluding carboxylic acids is 1. The molecule has 2 atom stereocenters. The Bertz CT molecular complexity index is 474. The van der Waals surface area contributed by atoms with Crippen molar-refractivity contribution < 1.29 is 4.79 Å². The van der Waals surface area contributed by atoms with Crippen LogP contribution in [0.5, 0.6) is 0 Å². The van der Waals surface area contributed by atoms with Gasteiger partial charge in [-0.15, -0.1) is 11.8 Å². The molecule has 1 fully saturated rings. The molecule has 3 N–H and O–H groups in total. The molecule has 0 aromatic heterocycles. The SMILES string of the molecule is CCNC1(C(N)=O)CCCC1CCSc1ccc(C)cc1. The van der Waals surface area contributed by atoms with Crippen LogP contribution in [0.1, 0.15) is 38.2 Å². The number of nitrogens with one attached hydrogen (secondary N) is 1. The van der Waals surface area contributed by atoms with Gasteiger partial charge in [-0.3, -0.25) is 4.79 Å². The fraction of sp³-hybridized carbons (Fsp3) is 0.588. The van der Waals surface area contributed by atoms with Gasteiger partial charge in [0.1, 0.15) is 5.54 Å². The lowest BCUT2D eigenvalue weighted by Crippen LogP contribution is -2.57. The first-order chi connectivity index (χ1) is 10.1. The molecule has 0 saturated heterocycles. The first kappa shape index (κ1) is 16.4. The number of hydrogen-bond acceptors (Lipinski definition) is 3. The fourth-order valence-electron chi connectivity index (χ4n) is 3.38. The maximum atomic E-state index is 11.9. The first-order valence-electron chi connectivity index (χ1n) is 7.83. The molecule has 2 rings (SSSR count). The number of aryl methyl sites for hydroxylation is 1. The van der Waals surface area contributed by atoms with E-state index < -0.39 is 5.54 Å². The van der Waals surface area contributed by atoms with E-state index in [9.17, 15) is 4.79 Å². The molecule has 0 aliphatic heterocycles. The molecule has 0 radical (unpaired) electrons. The molecule has 1 aliphatic carbocycles. The Kier molecular flexibility index (Phi) is 5.71. The van der Waals surface area contributed by atoms with Gasteiger partial charge < -0.3 is 11.1 Å². The van der Waals surface area contributed by atoms with E-state index in [1.807, 2.05) is 18.7 Å². The van der Waals surface area contributed by atoms with Crippen molar-refractivity contribution in [3.05, 3.63) is 29.8 Å². The third kappa shape index (κ3) is 3.80. The molecule has 0 heterocycles. The van der Waals surface area contributed by atoms with E-state index in [4.69, 9.17) is 5.73 Å². The number of rotatable bonds is 7. The van der Waals surface area contributed by atoms with Crippen LogP contribution >= 0.6 is 11.8 Å². The minimum Gasteiger partial charge on any atom is -0.368 e. The van der Waals surface area contributed by atoms with Gasteiger partial charge >= 0.3 is 0 Å². The Labute approximate surface area is 132 Å². The number of thioether (sulfide) groups is 1. The molecule has 2 unspecified atom stereocenters. The van der Waals surface area contributed by atoms with Crippen LogP contribution in [0.15, 0.2) is 29.2 Å². The van der Waals surface area contributed by atoms with Crippen LogP contribution in [-0.2, 0) is 4.79 Å². The lowest BCUT2D eigenvalue weighted by atomic mass is 9.84. The Morgan fingerprint density at radius 2 is 2.14 bits per heavy atom. The predicted octanol–water partition coefficient (Wildman–Crippen LogP) is 3.11. The summed E-state index contributed by atoms with van der Waals surface area (Å²) in [5.41, 5.74) is 6.52. The van der Waals surface area contributed by atoms with E-state index in [1.54, 1.807) is 0 Å². The lowest BCUT2D eigenvalue weighted by Gasteiger charge is -2.33. The molecule has 116 valence electrons. The zero-order valence-corrected chi connectivity index (χ0v) is 13.8. The average Bonchev–Trinajstić information content (AvgIpc) is 2.86. The van der Waals surface area contributed by atoms with Crippen LogP contribution in [0.2, 0.25) is 0 Å². The quantitative estimate of drug-likeness (QED) is 0.761. The van der Waals surface area contributed by atoms with Crippen LogP contribution in [-0.4, -0.2) is 23.7 Å². The van der Waals surface area contributed by atoms with Gasteiger partial charge in [0.2, 0.25) is 5.91 Å². The molecule has 1 aromatic rings. The van der Waals surface area contributed by atoms with Gasteiger partial charge in [-0.1, -0.05) is 31.0 Å². The Hall–Kier alpha value is -1.00. The van der Waals surface area contributed by atoms with Crippen molar-refractivity contribution in [1.82, 2.24) is 5.32 Å². The van der Waals surface area contributed by atoms with Crippen molar-refractivity contribution in [2.75, 3.05) is 12.3 Å². The largest absolute Gasteiger partial charge is 0.368 e. The number of benzene rings is 1. The van der Waals surface area contributed by atoms with E-state index in [0.29, 0.717) is 5.92 Å². The highest BCUT2D eigenvalue weighted by atomic mass is 32.2. The number of likely N-dealkylation sites (N-methyl/N-ethyl adjacent to an activating group) is 1. The Balaban J connectivity index is 1.92. The van der Waals surface area contributed by atoms with Crippen LogP contribution in [0.4, 0.5) is 0 Å². The highest BCUT2D eigenvalue weighted by Crippen LogP contribution is 2.39. The van der Waals surface area contributed by atoms with Crippen LogP contribution < -0.4 is 11.1 Å². The van der Waals surface area contributed by atoms with Crippen LogP contribution in [0.25, 0.3) is 0 Å². The zero-order chi connectivity index (χ0) is 15.3. The summed E-state index contributed by atoms with van der Waals surface area (Å²) in [6.07, 6.45) is 4.12. The predicted molar refractivity (Wildman–Crippen MR) is 89.5 cm³/mol. The number of hydrogen-bond donors (Lipinski definition) is 2. The molecule has 4 heteroatoms. The Morgan fingerprint density at radius 1 is 1.43 bits per heavy atom. The summed E-state index contributed by atoms with van der Waals surface area (Å²) in [5.74, 6) is 1.23. The summed E-state index contributed by atoms with van der Waals surface area (Å²) in [6, 6.07) is 8.62. The molecule has 0 spiro atoms. The lowest BCUT2D eigenvalue weighted by molar-refractivity contribution is -0.125. The second kappa shape index (κ2) is 7.32. The van der Waals surface area contributed by atoms with Crippen LogP contribution in [0, 0.1) is 12.8 Å². The summed E-state index contributed by atoms with van der Waals surface area (Å²) in [5, 5.41) is 3.38. The second-order valence-electron chi connectivity index (χ2n) is 5.91. The van der Waals surface area contributed by atoms with Gasteiger partial charge in [0.25, 0.3) is 0 Å². The van der Waals surface area contributed by atoms with Gasteiger partial charge in [0.05, 0.1) is 0 Å². The smallest absolute Gasteiger partial charge is 0.238 e. The van der Waals surface area contributed by atoms with Crippen molar-refractivity contribution in [1.29, 1.82) is 0 Å². The summed E-state index contributed by atoms with van der Waals surface area (Å²) in [6.45, 7) is 4.94. The third-order valence-corrected chi connectivity index (χ3v) is 5.55. The summed E-state index contributed by atoms with van der Waals surface area (Å²) in [4.78, 5) is 13.2. The zero-order valence-electron chi connectivity index (χ0n) is 13.0. The number of carbonyl (C=O) groups is 1. The first-order valence-corrected chi connectivity index (χ1v) is 8.81. The highest BCUT2D eigenvalue weighted by Gasteiger charge is 2.46. The van der Waals surface area contributed by atoms with E-state index in [0.717, 1.165) is 38.0 Å². The maximum Gasteiger partial charge on any atom is 0.238 e.